The van der Waals surface area contributed by atoms with E-state index >= 15 is 0 Å². The van der Waals surface area contributed by atoms with Crippen LogP contribution in [0.25, 0.3) is 0 Å². The third kappa shape index (κ3) is 20.8. The van der Waals surface area contributed by atoms with Crippen molar-refractivity contribution in [3.05, 3.63) is 36.1 Å². The van der Waals surface area contributed by atoms with E-state index in [1.807, 2.05) is 13.8 Å². The Kier molecular flexibility index (Phi) is 26.2. The largest absolute Gasteiger partial charge is 1.00 e. The van der Waals surface area contributed by atoms with E-state index in [1.54, 1.807) is 32.1 Å². The molecule has 0 amide bonds. The maximum atomic E-state index is 11.1. The molecule has 4 heterocycles. The minimum atomic E-state index is -0.916. The van der Waals surface area contributed by atoms with E-state index in [9.17, 15) is 28.8 Å². The monoisotopic (exact) mass is 648 g/mol. The van der Waals surface area contributed by atoms with Crippen LogP contribution in [0.1, 0.15) is 61.7 Å². The van der Waals surface area contributed by atoms with Crippen LogP contribution in [-0.2, 0) is 57.4 Å². The first-order valence-corrected chi connectivity index (χ1v) is 11.9. The van der Waals surface area contributed by atoms with Crippen LogP contribution in [-0.4, -0.2) is 65.0 Å². The minimum Gasteiger partial charge on any atom is -1.00 e. The van der Waals surface area contributed by atoms with Crippen molar-refractivity contribution in [1.29, 1.82) is 0 Å². The van der Waals surface area contributed by atoms with E-state index in [1.165, 1.54) is 19.1 Å². The number of aliphatic carboxylic acids is 1. The zero-order valence-corrected chi connectivity index (χ0v) is 31.0. The van der Waals surface area contributed by atoms with Gasteiger partial charge in [0.25, 0.3) is 6.47 Å². The Balaban J connectivity index is -0.000000231. The fourth-order valence-electron chi connectivity index (χ4n) is 3.32. The molecule has 16 heteroatoms. The van der Waals surface area contributed by atoms with E-state index in [-0.39, 0.29) is 171 Å². The molecule has 4 rings (SSSR count). The molecule has 0 spiro atoms. The van der Waals surface area contributed by atoms with Crippen molar-refractivity contribution in [2.45, 2.75) is 78.1 Å². The first-order chi connectivity index (χ1) is 18.6. The van der Waals surface area contributed by atoms with Gasteiger partial charge in [0, 0.05) is 24.5 Å². The number of carbonyl (C=O) groups is 7. The van der Waals surface area contributed by atoms with Gasteiger partial charge < -0.3 is 40.4 Å². The Hall–Kier alpha value is -1.06. The minimum absolute atomic E-state index is 0. The summed E-state index contributed by atoms with van der Waals surface area (Å²) in [6.07, 6.45) is 8.70. The van der Waals surface area contributed by atoms with Crippen molar-refractivity contribution in [3.8, 4) is 0 Å². The quantitative estimate of drug-likeness (QED) is 0.0741. The van der Waals surface area contributed by atoms with Crippen molar-refractivity contribution < 1.29 is 172 Å². The van der Waals surface area contributed by atoms with Crippen molar-refractivity contribution in [1.82, 2.24) is 0 Å². The van der Waals surface area contributed by atoms with E-state index in [0.717, 1.165) is 5.76 Å². The third-order valence-corrected chi connectivity index (χ3v) is 5.24. The second-order valence-corrected chi connectivity index (χ2v) is 8.73. The predicted octanol–water partition coefficient (Wildman–Crippen LogP) is -4.87. The molecule has 0 aliphatic carbocycles. The number of ketones is 1. The van der Waals surface area contributed by atoms with Crippen LogP contribution in [0.4, 0.5) is 0 Å². The first kappa shape index (κ1) is 45.4. The summed E-state index contributed by atoms with van der Waals surface area (Å²) in [5.74, 6) is -1.28. The Labute approximate surface area is 329 Å². The topological polar surface area (TPSA) is 209 Å². The zero-order chi connectivity index (χ0) is 30.9. The Bertz CT molecular complexity index is 1030. The molecule has 4 unspecified atom stereocenters. The van der Waals surface area contributed by atoms with Gasteiger partial charge in [-0.1, -0.05) is 0 Å². The van der Waals surface area contributed by atoms with Gasteiger partial charge in [-0.15, -0.1) is 0 Å². The molecule has 1 fully saturated rings. The van der Waals surface area contributed by atoms with Crippen LogP contribution in [0.5, 0.6) is 0 Å². The molecule has 14 nitrogen and oxygen atoms in total. The summed E-state index contributed by atoms with van der Waals surface area (Å²) in [5, 5.41) is 16.4. The molecule has 224 valence electrons. The molecule has 0 bridgehead atoms. The second-order valence-electron chi connectivity index (χ2n) is 8.73. The number of esters is 4. The molecule has 0 aromatic rings. The van der Waals surface area contributed by atoms with E-state index in [2.05, 4.69) is 14.4 Å². The van der Waals surface area contributed by atoms with Gasteiger partial charge in [-0.25, -0.2) is 9.59 Å². The molecular weight excluding hydrogens is 614 g/mol. The maximum absolute atomic E-state index is 11.1. The van der Waals surface area contributed by atoms with E-state index in [4.69, 9.17) is 24.6 Å². The number of carbonyl (C=O) groups excluding carboxylic acids is 6. The zero-order valence-electron chi connectivity index (χ0n) is 25.8. The number of allylic oxidation sites excluding steroid dienone is 1. The van der Waals surface area contributed by atoms with Crippen LogP contribution in [0.2, 0.25) is 0 Å². The van der Waals surface area contributed by atoms with Gasteiger partial charge >= 0.3 is 133 Å². The van der Waals surface area contributed by atoms with Gasteiger partial charge in [-0.2, -0.15) is 0 Å². The normalized spacial score (nSPS) is 23.8. The first-order valence-electron chi connectivity index (χ1n) is 11.9. The number of cyclic esters (lactones) is 4. The van der Waals surface area contributed by atoms with Gasteiger partial charge in [0.15, 0.2) is 0 Å². The van der Waals surface area contributed by atoms with Gasteiger partial charge in [0.2, 0.25) is 0 Å². The molecule has 4 aliphatic heterocycles. The van der Waals surface area contributed by atoms with Crippen molar-refractivity contribution in [2.75, 3.05) is 0 Å². The number of hydrogen-bond donors (Lipinski definition) is 1. The third-order valence-electron chi connectivity index (χ3n) is 5.24. The van der Waals surface area contributed by atoms with Crippen LogP contribution in [0, 0.1) is 5.92 Å². The fraction of sp³-hybridized carbons (Fsp3) is 0.500. The number of hydrogen-bond acceptors (Lipinski definition) is 13. The van der Waals surface area contributed by atoms with E-state index in [0.29, 0.717) is 12.8 Å². The fourth-order valence-corrected chi connectivity index (χ4v) is 3.32. The predicted molar refractivity (Wildman–Crippen MR) is 132 cm³/mol. The van der Waals surface area contributed by atoms with Crippen molar-refractivity contribution >= 4 is 42.1 Å². The molecule has 42 heavy (non-hydrogen) atoms. The van der Waals surface area contributed by atoms with Gasteiger partial charge in [0.05, 0.1) is 19.3 Å². The molecule has 0 saturated carbocycles. The number of carboxylic acid groups (broad SMARTS) is 1. The van der Waals surface area contributed by atoms with Crippen LogP contribution in [0.3, 0.4) is 0 Å². The smallest absolute Gasteiger partial charge is 1.00 e. The number of ether oxygens (including phenoxy) is 4. The summed E-state index contributed by atoms with van der Waals surface area (Å²) in [7, 11) is 0. The van der Waals surface area contributed by atoms with Gasteiger partial charge in [-0.05, 0) is 52.8 Å². The average Bonchev–Trinajstić information content (AvgIpc) is 3.63. The standard InChI is InChI=1S/C10H12O4.C5H8O3.2C5H6O2.CH2O3.2K.H/c1-6-7(5-9(12)13-6)10(2)4-3-8(11)14-10;1-4(6)2-3-5(7)8;2*1-4-2-3-5(6)7-4;2-1-4-3;;;/h3-4,6-7H,5H2,1-2H3;2-3H2,1H3,(H,7,8);2H,3H2,1H3;2-4H,1H3;1,3H;;;/q;;;;;2*+1;-1/p-1. The SMILES string of the molecule is CC(=O)CCC(=O)O.CC1=CCC(=O)O1.CC1C=CC(=O)O1.CC1OC(=O)CC1C1(C)C=CC(=O)O1.O=CO[O-].[H-].[K+].[K+]. The molecular formula is C26H34K2O14. The summed E-state index contributed by atoms with van der Waals surface area (Å²) in [5.41, 5.74) is -0.678. The Morgan fingerprint density at radius 2 is 1.69 bits per heavy atom. The van der Waals surface area contributed by atoms with Crippen molar-refractivity contribution in [3.63, 3.8) is 0 Å². The van der Waals surface area contributed by atoms with Crippen LogP contribution < -0.4 is 108 Å². The average molecular weight is 649 g/mol. The summed E-state index contributed by atoms with van der Waals surface area (Å²) in [4.78, 5) is 73.4. The van der Waals surface area contributed by atoms with Crippen LogP contribution >= 0.6 is 0 Å². The maximum Gasteiger partial charge on any atom is 1.00 e. The summed E-state index contributed by atoms with van der Waals surface area (Å²) in [6.45, 7) is 8.41. The molecule has 1 saturated heterocycles. The van der Waals surface area contributed by atoms with E-state index < -0.39 is 11.6 Å². The van der Waals surface area contributed by atoms with Crippen LogP contribution in [0.15, 0.2) is 36.1 Å². The van der Waals surface area contributed by atoms with Crippen molar-refractivity contribution in [2.24, 2.45) is 5.92 Å². The molecule has 0 aromatic carbocycles. The van der Waals surface area contributed by atoms with Gasteiger partial charge in [0.1, 0.15) is 29.4 Å². The molecule has 1 N–H and O–H groups in total. The molecule has 4 aliphatic rings. The number of carboxylic acids is 1. The molecule has 0 radical (unpaired) electrons. The summed E-state index contributed by atoms with van der Waals surface area (Å²) >= 11 is 0. The molecule has 4 atom stereocenters. The summed E-state index contributed by atoms with van der Waals surface area (Å²) < 4.78 is 19.4. The number of Topliss-reactive ketones (excluding diaryl/α,β-unsaturated/α-hetero) is 1. The van der Waals surface area contributed by atoms with Gasteiger partial charge in [-0.3, -0.25) is 19.2 Å². The Morgan fingerprint density at radius 3 is 1.90 bits per heavy atom. The second kappa shape index (κ2) is 24.3. The Morgan fingerprint density at radius 1 is 1.10 bits per heavy atom. The number of rotatable bonds is 5. The molecule has 0 aromatic heterocycles. The summed E-state index contributed by atoms with van der Waals surface area (Å²) in [6, 6.07) is 0.